The first-order valence-electron chi connectivity index (χ1n) is 7.00. The lowest BCUT2D eigenvalue weighted by Gasteiger charge is -2.46. The van der Waals surface area contributed by atoms with E-state index < -0.39 is 0 Å². The molecule has 0 saturated carbocycles. The number of nitrogens with one attached hydrogen (secondary N) is 1. The molecule has 2 N–H and O–H groups in total. The van der Waals surface area contributed by atoms with Crippen LogP contribution in [0, 0.1) is 5.92 Å². The average molecular weight is 246 g/mol. The number of rotatable bonds is 3. The highest BCUT2D eigenvalue weighted by molar-refractivity contribution is 5.29. The maximum Gasteiger partial charge on any atom is 0.115 e. The van der Waals surface area contributed by atoms with E-state index in [4.69, 9.17) is 0 Å². The van der Waals surface area contributed by atoms with Crippen molar-refractivity contribution < 1.29 is 5.11 Å². The number of hydrogen-bond donors (Lipinski definition) is 2. The summed E-state index contributed by atoms with van der Waals surface area (Å²) in [5, 5.41) is 13.3. The summed E-state index contributed by atoms with van der Waals surface area (Å²) in [5.74, 6) is 1.20. The van der Waals surface area contributed by atoms with Gasteiger partial charge in [0.15, 0.2) is 0 Å². The normalized spacial score (nSPS) is 32.4. The molecule has 0 radical (unpaired) electrons. The van der Waals surface area contributed by atoms with Crippen molar-refractivity contribution in [1.29, 1.82) is 0 Å². The zero-order valence-electron chi connectivity index (χ0n) is 11.0. The Morgan fingerprint density at radius 1 is 1.33 bits per heavy atom. The molecule has 3 fully saturated rings. The predicted molar refractivity (Wildman–Crippen MR) is 72.6 cm³/mol. The molecule has 3 heteroatoms. The summed E-state index contributed by atoms with van der Waals surface area (Å²) in [7, 11) is 0. The van der Waals surface area contributed by atoms with Gasteiger partial charge < -0.3 is 15.3 Å². The summed E-state index contributed by atoms with van der Waals surface area (Å²) in [6.07, 6.45) is 2.68. The molecule has 2 bridgehead atoms. The molecule has 0 aromatic heterocycles. The lowest BCUT2D eigenvalue weighted by Crippen LogP contribution is -2.56. The Balaban J connectivity index is 1.66. The Hall–Kier alpha value is -1.06. The maximum atomic E-state index is 9.54. The molecule has 2 unspecified atom stereocenters. The van der Waals surface area contributed by atoms with Crippen LogP contribution in [-0.2, 0) is 0 Å². The summed E-state index contributed by atoms with van der Waals surface area (Å²) in [6.45, 7) is 5.94. The van der Waals surface area contributed by atoms with Crippen molar-refractivity contribution in [2.75, 3.05) is 19.6 Å². The van der Waals surface area contributed by atoms with Gasteiger partial charge in [0.1, 0.15) is 5.75 Å². The molecule has 3 heterocycles. The van der Waals surface area contributed by atoms with E-state index in [1.54, 1.807) is 6.07 Å². The number of hydrogen-bond acceptors (Lipinski definition) is 3. The molecule has 0 spiro atoms. The minimum atomic E-state index is 0.308. The van der Waals surface area contributed by atoms with Crippen LogP contribution in [0.2, 0.25) is 0 Å². The van der Waals surface area contributed by atoms with Gasteiger partial charge in [-0.3, -0.25) is 0 Å². The summed E-state index contributed by atoms with van der Waals surface area (Å²) < 4.78 is 0. The number of nitrogens with zero attached hydrogens (tertiary/aromatic N) is 1. The number of piperidine rings is 3. The van der Waals surface area contributed by atoms with E-state index >= 15 is 0 Å². The monoisotopic (exact) mass is 246 g/mol. The smallest absolute Gasteiger partial charge is 0.115 e. The van der Waals surface area contributed by atoms with Gasteiger partial charge in [-0.05, 0) is 56.5 Å². The van der Waals surface area contributed by atoms with Crippen molar-refractivity contribution >= 4 is 0 Å². The van der Waals surface area contributed by atoms with Gasteiger partial charge in [-0.2, -0.15) is 0 Å². The number of aromatic hydroxyl groups is 1. The first-order chi connectivity index (χ1) is 8.72. The Bertz CT molecular complexity index is 413. The summed E-state index contributed by atoms with van der Waals surface area (Å²) in [5.41, 5.74) is 1.17. The molecule has 18 heavy (non-hydrogen) atoms. The topological polar surface area (TPSA) is 35.5 Å². The number of phenolic OH excluding ortho intramolecular Hbond substituents is 1. The van der Waals surface area contributed by atoms with Gasteiger partial charge in [0, 0.05) is 18.6 Å². The third-order valence-electron chi connectivity index (χ3n) is 4.49. The quantitative estimate of drug-likeness (QED) is 0.857. The fraction of sp³-hybridized carbons (Fsp3) is 0.600. The molecule has 98 valence electrons. The van der Waals surface area contributed by atoms with E-state index in [9.17, 15) is 5.11 Å². The Kier molecular flexibility index (Phi) is 3.27. The summed E-state index contributed by atoms with van der Waals surface area (Å²) in [4.78, 5) is 2.56. The van der Waals surface area contributed by atoms with Crippen molar-refractivity contribution in [2.45, 2.75) is 31.8 Å². The van der Waals surface area contributed by atoms with Gasteiger partial charge in [0.25, 0.3) is 0 Å². The lowest BCUT2D eigenvalue weighted by molar-refractivity contribution is 0.0680. The fourth-order valence-electron chi connectivity index (χ4n) is 3.37. The molecule has 3 aliphatic heterocycles. The van der Waals surface area contributed by atoms with Crippen LogP contribution in [0.1, 0.15) is 31.4 Å². The van der Waals surface area contributed by atoms with Crippen molar-refractivity contribution in [3.05, 3.63) is 29.8 Å². The molecule has 1 aromatic carbocycles. The second-order valence-corrected chi connectivity index (χ2v) is 5.73. The largest absolute Gasteiger partial charge is 0.508 e. The van der Waals surface area contributed by atoms with E-state index in [-0.39, 0.29) is 0 Å². The van der Waals surface area contributed by atoms with E-state index in [1.807, 2.05) is 12.1 Å². The lowest BCUT2D eigenvalue weighted by atomic mass is 9.83. The SMILES string of the molecule is CC(NC1CN2CCC1CC2)c1cccc(O)c1. The molecule has 3 saturated heterocycles. The second-order valence-electron chi connectivity index (χ2n) is 5.73. The molecule has 1 aromatic rings. The first-order valence-corrected chi connectivity index (χ1v) is 7.00. The van der Waals surface area contributed by atoms with E-state index in [2.05, 4.69) is 23.2 Å². The van der Waals surface area contributed by atoms with Gasteiger partial charge >= 0.3 is 0 Å². The molecule has 0 amide bonds. The van der Waals surface area contributed by atoms with Gasteiger partial charge in [0.2, 0.25) is 0 Å². The molecule has 0 aliphatic carbocycles. The van der Waals surface area contributed by atoms with Gasteiger partial charge in [0.05, 0.1) is 0 Å². The third-order valence-corrected chi connectivity index (χ3v) is 4.49. The predicted octanol–water partition coefficient (Wildman–Crippen LogP) is 2.14. The maximum absolute atomic E-state index is 9.54. The Labute approximate surface area is 109 Å². The summed E-state index contributed by atoms with van der Waals surface area (Å²) in [6, 6.07) is 8.51. The number of phenols is 1. The van der Waals surface area contributed by atoms with Crippen LogP contribution in [0.4, 0.5) is 0 Å². The van der Waals surface area contributed by atoms with Crippen molar-refractivity contribution in [3.8, 4) is 5.75 Å². The van der Waals surface area contributed by atoms with Crippen LogP contribution in [0.15, 0.2) is 24.3 Å². The van der Waals surface area contributed by atoms with E-state index in [1.165, 1.54) is 38.0 Å². The third kappa shape index (κ3) is 2.38. The van der Waals surface area contributed by atoms with Crippen LogP contribution in [0.5, 0.6) is 5.75 Å². The zero-order chi connectivity index (χ0) is 12.5. The number of fused-ring (bicyclic) bond motifs is 3. The zero-order valence-corrected chi connectivity index (χ0v) is 11.0. The van der Waals surface area contributed by atoms with Crippen molar-refractivity contribution in [2.24, 2.45) is 5.92 Å². The minimum absolute atomic E-state index is 0.308. The van der Waals surface area contributed by atoms with Gasteiger partial charge in [-0.25, -0.2) is 0 Å². The second kappa shape index (κ2) is 4.90. The average Bonchev–Trinajstić information content (AvgIpc) is 2.40. The first kappa shape index (κ1) is 12.0. The molecule has 3 aliphatic rings. The highest BCUT2D eigenvalue weighted by atomic mass is 16.3. The minimum Gasteiger partial charge on any atom is -0.508 e. The van der Waals surface area contributed by atoms with Crippen LogP contribution in [-0.4, -0.2) is 35.7 Å². The van der Waals surface area contributed by atoms with Crippen LogP contribution in [0.25, 0.3) is 0 Å². The van der Waals surface area contributed by atoms with Crippen molar-refractivity contribution in [1.82, 2.24) is 10.2 Å². The van der Waals surface area contributed by atoms with E-state index in [0.29, 0.717) is 17.8 Å². The molecule has 3 nitrogen and oxygen atoms in total. The van der Waals surface area contributed by atoms with E-state index in [0.717, 1.165) is 5.92 Å². The van der Waals surface area contributed by atoms with Gasteiger partial charge in [-0.1, -0.05) is 12.1 Å². The van der Waals surface area contributed by atoms with Gasteiger partial charge in [-0.15, -0.1) is 0 Å². The highest BCUT2D eigenvalue weighted by Crippen LogP contribution is 2.29. The summed E-state index contributed by atoms with van der Waals surface area (Å²) >= 11 is 0. The standard InChI is InChI=1S/C15H22N2O/c1-11(13-3-2-4-14(18)9-13)16-15-10-17-7-5-12(15)6-8-17/h2-4,9,11-12,15-16,18H,5-8,10H2,1H3. The van der Waals surface area contributed by atoms with Crippen molar-refractivity contribution in [3.63, 3.8) is 0 Å². The molecular formula is C15H22N2O. The molecular weight excluding hydrogens is 224 g/mol. The number of benzene rings is 1. The molecule has 4 rings (SSSR count). The highest BCUT2D eigenvalue weighted by Gasteiger charge is 2.34. The van der Waals surface area contributed by atoms with Crippen LogP contribution in [0.3, 0.4) is 0 Å². The molecule has 2 atom stereocenters. The fourth-order valence-corrected chi connectivity index (χ4v) is 3.37. The van der Waals surface area contributed by atoms with Crippen LogP contribution < -0.4 is 5.32 Å². The Morgan fingerprint density at radius 3 is 2.72 bits per heavy atom. The van der Waals surface area contributed by atoms with Crippen LogP contribution >= 0.6 is 0 Å². The Morgan fingerprint density at radius 2 is 2.11 bits per heavy atom.